The molecule has 126 valence electrons. The SMILES string of the molecule is C=CCN(CC=C)c1nc(-c2ccccc2OC)nc2ccccc12. The first-order valence-electron chi connectivity index (χ1n) is 8.15. The predicted molar refractivity (Wildman–Crippen MR) is 104 cm³/mol. The molecule has 0 N–H and O–H groups in total. The molecule has 1 aromatic heterocycles. The van der Waals surface area contributed by atoms with Gasteiger partial charge in [0.25, 0.3) is 0 Å². The lowest BCUT2D eigenvalue weighted by Crippen LogP contribution is -2.24. The fourth-order valence-corrected chi connectivity index (χ4v) is 2.81. The van der Waals surface area contributed by atoms with Gasteiger partial charge in [0, 0.05) is 18.5 Å². The molecule has 0 aliphatic rings. The standard InChI is InChI=1S/C21H21N3O/c1-4-14-24(15-5-2)21-16-10-6-8-12-18(16)22-20(23-21)17-11-7-9-13-19(17)25-3/h4-13H,1-2,14-15H2,3H3. The first kappa shape index (κ1) is 16.7. The molecule has 0 unspecified atom stereocenters. The lowest BCUT2D eigenvalue weighted by Gasteiger charge is -2.22. The molecule has 3 aromatic rings. The summed E-state index contributed by atoms with van der Waals surface area (Å²) in [6.07, 6.45) is 3.73. The molecule has 0 aliphatic heterocycles. The van der Waals surface area contributed by atoms with Crippen molar-refractivity contribution in [2.75, 3.05) is 25.1 Å². The fourth-order valence-electron chi connectivity index (χ4n) is 2.81. The van der Waals surface area contributed by atoms with Crippen LogP contribution < -0.4 is 9.64 Å². The van der Waals surface area contributed by atoms with E-state index in [0.29, 0.717) is 18.9 Å². The lowest BCUT2D eigenvalue weighted by molar-refractivity contribution is 0.416. The van der Waals surface area contributed by atoms with Gasteiger partial charge in [-0.05, 0) is 24.3 Å². The summed E-state index contributed by atoms with van der Waals surface area (Å²) in [4.78, 5) is 11.7. The average molecular weight is 331 g/mol. The summed E-state index contributed by atoms with van der Waals surface area (Å²) in [6.45, 7) is 9.07. The van der Waals surface area contributed by atoms with Crippen LogP contribution in [0.15, 0.2) is 73.8 Å². The van der Waals surface area contributed by atoms with Crippen LogP contribution in [0.3, 0.4) is 0 Å². The molecule has 4 nitrogen and oxygen atoms in total. The van der Waals surface area contributed by atoms with E-state index in [9.17, 15) is 0 Å². The molecule has 0 fully saturated rings. The van der Waals surface area contributed by atoms with E-state index >= 15 is 0 Å². The van der Waals surface area contributed by atoms with Gasteiger partial charge in [-0.25, -0.2) is 9.97 Å². The molecule has 25 heavy (non-hydrogen) atoms. The van der Waals surface area contributed by atoms with Gasteiger partial charge in [-0.2, -0.15) is 0 Å². The van der Waals surface area contributed by atoms with Crippen molar-refractivity contribution in [1.82, 2.24) is 9.97 Å². The number of ether oxygens (including phenoxy) is 1. The number of fused-ring (bicyclic) bond motifs is 1. The minimum Gasteiger partial charge on any atom is -0.496 e. The van der Waals surface area contributed by atoms with E-state index in [-0.39, 0.29) is 0 Å². The first-order valence-corrected chi connectivity index (χ1v) is 8.15. The number of benzene rings is 2. The molecule has 0 saturated carbocycles. The van der Waals surface area contributed by atoms with Crippen molar-refractivity contribution in [3.8, 4) is 17.1 Å². The summed E-state index contributed by atoms with van der Waals surface area (Å²) in [7, 11) is 1.66. The Morgan fingerprint density at radius 3 is 2.36 bits per heavy atom. The van der Waals surface area contributed by atoms with Crippen LogP contribution in [0, 0.1) is 0 Å². The summed E-state index contributed by atoms with van der Waals surface area (Å²) in [6, 6.07) is 15.8. The monoisotopic (exact) mass is 331 g/mol. The lowest BCUT2D eigenvalue weighted by atomic mass is 10.1. The molecule has 0 radical (unpaired) electrons. The number of para-hydroxylation sites is 2. The van der Waals surface area contributed by atoms with Crippen LogP contribution in [0.4, 0.5) is 5.82 Å². The Morgan fingerprint density at radius 2 is 1.64 bits per heavy atom. The largest absolute Gasteiger partial charge is 0.496 e. The molecular weight excluding hydrogens is 310 g/mol. The third-order valence-corrected chi connectivity index (χ3v) is 3.93. The van der Waals surface area contributed by atoms with Crippen LogP contribution in [0.5, 0.6) is 5.75 Å². The van der Waals surface area contributed by atoms with Crippen molar-refractivity contribution < 1.29 is 4.74 Å². The van der Waals surface area contributed by atoms with Gasteiger partial charge in [0.05, 0.1) is 18.2 Å². The molecule has 0 atom stereocenters. The number of hydrogen-bond acceptors (Lipinski definition) is 4. The van der Waals surface area contributed by atoms with Crippen LogP contribution in [-0.2, 0) is 0 Å². The molecule has 0 spiro atoms. The topological polar surface area (TPSA) is 38.2 Å². The van der Waals surface area contributed by atoms with Gasteiger partial charge < -0.3 is 9.64 Å². The number of rotatable bonds is 7. The maximum atomic E-state index is 5.48. The van der Waals surface area contributed by atoms with Gasteiger partial charge in [0.15, 0.2) is 5.82 Å². The van der Waals surface area contributed by atoms with Crippen molar-refractivity contribution in [3.05, 3.63) is 73.8 Å². The van der Waals surface area contributed by atoms with Gasteiger partial charge in [-0.15, -0.1) is 13.2 Å². The zero-order valence-electron chi connectivity index (χ0n) is 14.4. The maximum Gasteiger partial charge on any atom is 0.165 e. The van der Waals surface area contributed by atoms with E-state index in [1.54, 1.807) is 7.11 Å². The summed E-state index contributed by atoms with van der Waals surface area (Å²) in [5, 5.41) is 1.00. The third kappa shape index (κ3) is 3.38. The van der Waals surface area contributed by atoms with E-state index in [2.05, 4.69) is 18.1 Å². The highest BCUT2D eigenvalue weighted by molar-refractivity contribution is 5.91. The summed E-state index contributed by atoms with van der Waals surface area (Å²) < 4.78 is 5.48. The molecule has 0 bridgehead atoms. The van der Waals surface area contributed by atoms with Crippen molar-refractivity contribution in [3.63, 3.8) is 0 Å². The predicted octanol–water partition coefficient (Wildman–Crippen LogP) is 4.48. The summed E-state index contributed by atoms with van der Waals surface area (Å²) in [5.74, 6) is 2.26. The minimum atomic E-state index is 0.643. The van der Waals surface area contributed by atoms with Gasteiger partial charge >= 0.3 is 0 Å². The van der Waals surface area contributed by atoms with E-state index in [0.717, 1.165) is 28.0 Å². The Kier molecular flexibility index (Phi) is 5.09. The fraction of sp³-hybridized carbons (Fsp3) is 0.143. The molecule has 0 amide bonds. The Labute approximate surface area is 148 Å². The van der Waals surface area contributed by atoms with Crippen LogP contribution in [-0.4, -0.2) is 30.2 Å². The highest BCUT2D eigenvalue weighted by atomic mass is 16.5. The van der Waals surface area contributed by atoms with Crippen molar-refractivity contribution >= 4 is 16.7 Å². The van der Waals surface area contributed by atoms with Crippen LogP contribution >= 0.6 is 0 Å². The molecule has 4 heteroatoms. The zero-order valence-corrected chi connectivity index (χ0v) is 14.4. The Bertz CT molecular complexity index is 895. The maximum absolute atomic E-state index is 5.48. The van der Waals surface area contributed by atoms with Crippen LogP contribution in [0.25, 0.3) is 22.3 Å². The number of methoxy groups -OCH3 is 1. The third-order valence-electron chi connectivity index (χ3n) is 3.93. The zero-order chi connectivity index (χ0) is 17.6. The number of aromatic nitrogens is 2. The Morgan fingerprint density at radius 1 is 0.960 bits per heavy atom. The van der Waals surface area contributed by atoms with E-state index in [4.69, 9.17) is 14.7 Å². The summed E-state index contributed by atoms with van der Waals surface area (Å²) >= 11 is 0. The molecule has 1 heterocycles. The smallest absolute Gasteiger partial charge is 0.165 e. The molecular formula is C21H21N3O. The average Bonchev–Trinajstić information content (AvgIpc) is 2.67. The van der Waals surface area contributed by atoms with Crippen LogP contribution in [0.2, 0.25) is 0 Å². The van der Waals surface area contributed by atoms with Gasteiger partial charge in [0.2, 0.25) is 0 Å². The second-order valence-corrected chi connectivity index (χ2v) is 5.57. The number of anilines is 1. The van der Waals surface area contributed by atoms with E-state index in [1.165, 1.54) is 0 Å². The molecule has 0 saturated heterocycles. The van der Waals surface area contributed by atoms with Crippen molar-refractivity contribution in [2.24, 2.45) is 0 Å². The van der Waals surface area contributed by atoms with Crippen molar-refractivity contribution in [2.45, 2.75) is 0 Å². The number of nitrogens with zero attached hydrogens (tertiary/aromatic N) is 3. The highest BCUT2D eigenvalue weighted by Crippen LogP contribution is 2.31. The Balaban J connectivity index is 2.25. The number of hydrogen-bond donors (Lipinski definition) is 0. The van der Waals surface area contributed by atoms with Crippen LogP contribution in [0.1, 0.15) is 0 Å². The van der Waals surface area contributed by atoms with Gasteiger partial charge in [-0.1, -0.05) is 36.4 Å². The van der Waals surface area contributed by atoms with E-state index < -0.39 is 0 Å². The molecule has 3 rings (SSSR count). The second kappa shape index (κ2) is 7.62. The van der Waals surface area contributed by atoms with Gasteiger partial charge in [-0.3, -0.25) is 0 Å². The van der Waals surface area contributed by atoms with Gasteiger partial charge in [0.1, 0.15) is 11.6 Å². The normalized spacial score (nSPS) is 10.4. The van der Waals surface area contributed by atoms with E-state index in [1.807, 2.05) is 60.7 Å². The summed E-state index contributed by atoms with van der Waals surface area (Å²) in [5.41, 5.74) is 1.76. The molecule has 2 aromatic carbocycles. The molecule has 0 aliphatic carbocycles. The first-order chi connectivity index (χ1) is 12.3. The Hall–Kier alpha value is -3.14. The minimum absolute atomic E-state index is 0.643. The quantitative estimate of drug-likeness (QED) is 0.598. The second-order valence-electron chi connectivity index (χ2n) is 5.57. The van der Waals surface area contributed by atoms with Crippen molar-refractivity contribution in [1.29, 1.82) is 0 Å². The highest BCUT2D eigenvalue weighted by Gasteiger charge is 2.15.